The van der Waals surface area contributed by atoms with E-state index in [9.17, 15) is 0 Å². The Morgan fingerprint density at radius 1 is 1.00 bits per heavy atom. The smallest absolute Gasteiger partial charge is 0.123 e. The standard InChI is InChI=1S/C18H20N2O/c1-2-4-13(5-3-1)18-12-16(8-9-19-18)21-17-10-14-6-7-15(11-17)20-14/h1-5,8-9,12,14-15,17,20H,6-7,10-11H2/t14-,15+,17-. The summed E-state index contributed by atoms with van der Waals surface area (Å²) >= 11 is 0. The van der Waals surface area contributed by atoms with Crippen molar-refractivity contribution in [2.75, 3.05) is 0 Å². The number of nitrogens with one attached hydrogen (secondary N) is 1. The van der Waals surface area contributed by atoms with Gasteiger partial charge in [0.2, 0.25) is 0 Å². The SMILES string of the molecule is c1ccc(-c2cc(O[C@@H]3C[C@H]4CC[C@@H](C3)N4)ccn2)cc1. The van der Waals surface area contributed by atoms with Crippen LogP contribution in [0.2, 0.25) is 0 Å². The van der Waals surface area contributed by atoms with Gasteiger partial charge in [-0.1, -0.05) is 30.3 Å². The second-order valence-electron chi connectivity index (χ2n) is 6.09. The molecule has 2 aliphatic rings. The molecule has 108 valence electrons. The number of piperidine rings is 1. The van der Waals surface area contributed by atoms with Gasteiger partial charge in [0.15, 0.2) is 0 Å². The van der Waals surface area contributed by atoms with Crippen molar-refractivity contribution < 1.29 is 4.74 Å². The molecule has 2 saturated heterocycles. The molecule has 1 aromatic carbocycles. The number of hydrogen-bond acceptors (Lipinski definition) is 3. The topological polar surface area (TPSA) is 34.1 Å². The fraction of sp³-hybridized carbons (Fsp3) is 0.389. The van der Waals surface area contributed by atoms with Gasteiger partial charge >= 0.3 is 0 Å². The number of nitrogens with zero attached hydrogens (tertiary/aromatic N) is 1. The molecule has 3 heteroatoms. The van der Waals surface area contributed by atoms with Crippen molar-refractivity contribution in [3.05, 3.63) is 48.7 Å². The van der Waals surface area contributed by atoms with Gasteiger partial charge in [0, 0.05) is 29.9 Å². The van der Waals surface area contributed by atoms with Gasteiger partial charge in [-0.25, -0.2) is 0 Å². The Labute approximate surface area is 125 Å². The highest BCUT2D eigenvalue weighted by atomic mass is 16.5. The number of ether oxygens (including phenoxy) is 1. The van der Waals surface area contributed by atoms with Gasteiger partial charge in [0.05, 0.1) is 5.69 Å². The third-order valence-electron chi connectivity index (χ3n) is 4.53. The molecule has 0 aliphatic carbocycles. The summed E-state index contributed by atoms with van der Waals surface area (Å²) in [4.78, 5) is 4.45. The zero-order chi connectivity index (χ0) is 14.1. The minimum absolute atomic E-state index is 0.342. The molecule has 1 aromatic heterocycles. The molecule has 2 aliphatic heterocycles. The molecular formula is C18H20N2O. The van der Waals surface area contributed by atoms with Gasteiger partial charge < -0.3 is 10.1 Å². The molecular weight excluding hydrogens is 260 g/mol. The number of benzene rings is 1. The third kappa shape index (κ3) is 2.79. The second-order valence-corrected chi connectivity index (χ2v) is 6.09. The van der Waals surface area contributed by atoms with Crippen molar-refractivity contribution in [3.63, 3.8) is 0 Å². The summed E-state index contributed by atoms with van der Waals surface area (Å²) in [6, 6.07) is 15.6. The Morgan fingerprint density at radius 2 is 1.76 bits per heavy atom. The fourth-order valence-electron chi connectivity index (χ4n) is 3.54. The van der Waals surface area contributed by atoms with Crippen molar-refractivity contribution >= 4 is 0 Å². The quantitative estimate of drug-likeness (QED) is 0.935. The van der Waals surface area contributed by atoms with Crippen LogP contribution in [-0.2, 0) is 0 Å². The van der Waals surface area contributed by atoms with Crippen LogP contribution in [0.25, 0.3) is 11.3 Å². The normalized spacial score (nSPS) is 27.5. The highest BCUT2D eigenvalue weighted by molar-refractivity contribution is 5.60. The van der Waals surface area contributed by atoms with Gasteiger partial charge in [-0.15, -0.1) is 0 Å². The zero-order valence-electron chi connectivity index (χ0n) is 12.0. The minimum Gasteiger partial charge on any atom is -0.490 e. The van der Waals surface area contributed by atoms with Gasteiger partial charge in [-0.2, -0.15) is 0 Å². The summed E-state index contributed by atoms with van der Waals surface area (Å²) in [6.07, 6.45) is 7.04. The highest BCUT2D eigenvalue weighted by Crippen LogP contribution is 2.30. The summed E-state index contributed by atoms with van der Waals surface area (Å²) in [6.45, 7) is 0. The molecule has 0 spiro atoms. The molecule has 0 radical (unpaired) electrons. The lowest BCUT2D eigenvalue weighted by Gasteiger charge is -2.29. The first-order valence-electron chi connectivity index (χ1n) is 7.81. The second kappa shape index (κ2) is 5.49. The minimum atomic E-state index is 0.342. The average molecular weight is 280 g/mol. The van der Waals surface area contributed by atoms with Crippen LogP contribution in [0.15, 0.2) is 48.7 Å². The van der Waals surface area contributed by atoms with Gasteiger partial charge in [0.1, 0.15) is 11.9 Å². The first-order chi connectivity index (χ1) is 10.4. The predicted molar refractivity (Wildman–Crippen MR) is 83.3 cm³/mol. The summed E-state index contributed by atoms with van der Waals surface area (Å²) in [5.74, 6) is 0.940. The Balaban J connectivity index is 1.51. The summed E-state index contributed by atoms with van der Waals surface area (Å²) in [5.41, 5.74) is 2.11. The van der Waals surface area contributed by atoms with E-state index in [0.717, 1.165) is 29.8 Å². The maximum Gasteiger partial charge on any atom is 0.123 e. The van der Waals surface area contributed by atoms with Gasteiger partial charge in [-0.05, 0) is 31.7 Å². The van der Waals surface area contributed by atoms with Crippen LogP contribution in [0.1, 0.15) is 25.7 Å². The molecule has 4 rings (SSSR count). The van der Waals surface area contributed by atoms with E-state index in [-0.39, 0.29) is 0 Å². The van der Waals surface area contributed by atoms with Crippen molar-refractivity contribution in [2.24, 2.45) is 0 Å². The van der Waals surface area contributed by atoms with Crippen LogP contribution in [0.3, 0.4) is 0 Å². The van der Waals surface area contributed by atoms with E-state index in [1.807, 2.05) is 30.5 Å². The van der Waals surface area contributed by atoms with Crippen LogP contribution < -0.4 is 10.1 Å². The molecule has 2 fully saturated rings. The molecule has 21 heavy (non-hydrogen) atoms. The monoisotopic (exact) mass is 280 g/mol. The number of hydrogen-bond donors (Lipinski definition) is 1. The first kappa shape index (κ1) is 12.8. The van der Waals surface area contributed by atoms with Crippen LogP contribution in [0.4, 0.5) is 0 Å². The number of pyridine rings is 1. The summed E-state index contributed by atoms with van der Waals surface area (Å²) in [7, 11) is 0. The van der Waals surface area contributed by atoms with Crippen LogP contribution in [-0.4, -0.2) is 23.2 Å². The molecule has 0 unspecified atom stereocenters. The van der Waals surface area contributed by atoms with Crippen LogP contribution in [0, 0.1) is 0 Å². The average Bonchev–Trinajstić information content (AvgIpc) is 2.87. The van der Waals surface area contributed by atoms with E-state index >= 15 is 0 Å². The van der Waals surface area contributed by atoms with E-state index in [1.54, 1.807) is 0 Å². The van der Waals surface area contributed by atoms with Gasteiger partial charge in [-0.3, -0.25) is 4.98 Å². The predicted octanol–water partition coefficient (Wildman–Crippen LogP) is 3.41. The van der Waals surface area contributed by atoms with Crippen LogP contribution >= 0.6 is 0 Å². The van der Waals surface area contributed by atoms with E-state index in [4.69, 9.17) is 4.74 Å². The van der Waals surface area contributed by atoms with E-state index in [1.165, 1.54) is 12.8 Å². The first-order valence-corrected chi connectivity index (χ1v) is 7.81. The highest BCUT2D eigenvalue weighted by Gasteiger charge is 2.34. The lowest BCUT2D eigenvalue weighted by Crippen LogP contribution is -2.42. The summed E-state index contributed by atoms with van der Waals surface area (Å²) < 4.78 is 6.22. The zero-order valence-corrected chi connectivity index (χ0v) is 12.0. The number of fused-ring (bicyclic) bond motifs is 2. The fourth-order valence-corrected chi connectivity index (χ4v) is 3.54. The Kier molecular flexibility index (Phi) is 3.36. The largest absolute Gasteiger partial charge is 0.490 e. The molecule has 2 aromatic rings. The molecule has 0 saturated carbocycles. The summed E-state index contributed by atoms with van der Waals surface area (Å²) in [5, 5.41) is 3.65. The Hall–Kier alpha value is -1.87. The van der Waals surface area contributed by atoms with Crippen LogP contribution in [0.5, 0.6) is 5.75 Å². The lowest BCUT2D eigenvalue weighted by molar-refractivity contribution is 0.137. The Bertz CT molecular complexity index is 602. The lowest BCUT2D eigenvalue weighted by atomic mass is 10.0. The number of rotatable bonds is 3. The molecule has 2 bridgehead atoms. The molecule has 3 heterocycles. The van der Waals surface area contributed by atoms with Crippen molar-refractivity contribution in [1.82, 2.24) is 10.3 Å². The van der Waals surface area contributed by atoms with Crippen molar-refractivity contribution in [1.29, 1.82) is 0 Å². The molecule has 1 N–H and O–H groups in total. The van der Waals surface area contributed by atoms with Crippen molar-refractivity contribution in [3.8, 4) is 17.0 Å². The molecule has 0 amide bonds. The molecule has 3 atom stereocenters. The van der Waals surface area contributed by atoms with Crippen molar-refractivity contribution in [2.45, 2.75) is 43.9 Å². The number of aromatic nitrogens is 1. The van der Waals surface area contributed by atoms with E-state index in [0.29, 0.717) is 18.2 Å². The maximum absolute atomic E-state index is 6.22. The molecule has 3 nitrogen and oxygen atoms in total. The van der Waals surface area contributed by atoms with E-state index in [2.05, 4.69) is 28.5 Å². The van der Waals surface area contributed by atoms with Gasteiger partial charge in [0.25, 0.3) is 0 Å². The Morgan fingerprint density at radius 3 is 2.52 bits per heavy atom. The van der Waals surface area contributed by atoms with E-state index < -0.39 is 0 Å². The third-order valence-corrected chi connectivity index (χ3v) is 4.53. The maximum atomic E-state index is 6.22.